The van der Waals surface area contributed by atoms with E-state index in [1.54, 1.807) is 0 Å². The van der Waals surface area contributed by atoms with Gasteiger partial charge >= 0.3 is 0 Å². The molecule has 0 nitrogen and oxygen atoms in total. The third kappa shape index (κ3) is 2.67. The summed E-state index contributed by atoms with van der Waals surface area (Å²) in [6, 6.07) is 0. The summed E-state index contributed by atoms with van der Waals surface area (Å²) in [6.45, 7) is 12.2. The topological polar surface area (TPSA) is 0 Å². The van der Waals surface area contributed by atoms with Crippen LogP contribution < -0.4 is 0 Å². The molecule has 0 N–H and O–H groups in total. The highest BCUT2D eigenvalue weighted by Gasteiger charge is 2.19. The first-order chi connectivity index (χ1) is 3.48. The smallest absolute Gasteiger partial charge is 0.0439 e. The van der Waals surface area contributed by atoms with Crippen LogP contribution in [0.15, 0.2) is 0 Å². The molecule has 0 saturated carbocycles. The van der Waals surface area contributed by atoms with Crippen molar-refractivity contribution in [1.82, 2.24) is 0 Å². The zero-order valence-corrected chi connectivity index (χ0v) is 9.20. The molecule has 0 bridgehead atoms. The molecule has 1 atom stereocenters. The second kappa shape index (κ2) is 2.83. The average molecular weight is 146 g/mol. The molecule has 0 amide bonds. The van der Waals surface area contributed by atoms with Gasteiger partial charge in [-0.2, -0.15) is 0 Å². The van der Waals surface area contributed by atoms with Gasteiger partial charge in [-0.25, -0.2) is 0 Å². The molecule has 0 aromatic rings. The van der Waals surface area contributed by atoms with Gasteiger partial charge in [-0.05, 0) is 0 Å². The molecule has 1 unspecified atom stereocenters. The fourth-order valence-electron chi connectivity index (χ4n) is 0.612. The molecule has 0 radical (unpaired) electrons. The Kier molecular flexibility index (Phi) is 2.98. The molecule has 8 heavy (non-hydrogen) atoms. The summed E-state index contributed by atoms with van der Waals surface area (Å²) in [7, 11) is -0.403. The van der Waals surface area contributed by atoms with Crippen LogP contribution in [0.4, 0.5) is 0 Å². The summed E-state index contributed by atoms with van der Waals surface area (Å²) >= 11 is 0. The van der Waals surface area contributed by atoms with E-state index in [0.29, 0.717) is 9.52 Å². The van der Waals surface area contributed by atoms with Crippen LogP contribution in [0.25, 0.3) is 0 Å². The molecule has 0 aromatic carbocycles. The van der Waals surface area contributed by atoms with Crippen LogP contribution in [-0.4, -0.2) is 17.6 Å². The predicted octanol–water partition coefficient (Wildman–Crippen LogP) is 1.89. The van der Waals surface area contributed by atoms with E-state index in [1.165, 1.54) is 0 Å². The number of rotatable bonds is 2. The van der Waals surface area contributed by atoms with Crippen molar-refractivity contribution in [2.45, 2.75) is 38.3 Å². The SMILES string of the molecule is C[SiH2]C(C)[Si](C)(C)C. The normalized spacial score (nSPS) is 17.6. The summed E-state index contributed by atoms with van der Waals surface area (Å²) in [6.07, 6.45) is 0. The Morgan fingerprint density at radius 2 is 1.62 bits per heavy atom. The van der Waals surface area contributed by atoms with Crippen LogP contribution in [-0.2, 0) is 0 Å². The van der Waals surface area contributed by atoms with Crippen molar-refractivity contribution >= 4 is 17.6 Å². The van der Waals surface area contributed by atoms with Crippen LogP contribution in [0.2, 0.25) is 31.4 Å². The monoisotopic (exact) mass is 146 g/mol. The van der Waals surface area contributed by atoms with E-state index < -0.39 is 8.07 Å². The van der Waals surface area contributed by atoms with Crippen molar-refractivity contribution in [2.24, 2.45) is 0 Å². The van der Waals surface area contributed by atoms with E-state index in [9.17, 15) is 0 Å². The summed E-state index contributed by atoms with van der Waals surface area (Å²) in [5.74, 6) is 0. The summed E-state index contributed by atoms with van der Waals surface area (Å²) < 4.78 is 0. The summed E-state index contributed by atoms with van der Waals surface area (Å²) in [5.41, 5.74) is 0. The molecular weight excluding hydrogens is 128 g/mol. The van der Waals surface area contributed by atoms with Gasteiger partial charge in [0.1, 0.15) is 0 Å². The average Bonchev–Trinajstić information content (AvgIpc) is 1.62. The van der Waals surface area contributed by atoms with Crippen LogP contribution in [0.3, 0.4) is 0 Å². The van der Waals surface area contributed by atoms with Gasteiger partial charge < -0.3 is 0 Å². The molecule has 0 spiro atoms. The maximum Gasteiger partial charge on any atom is 0.0439 e. The molecule has 0 aliphatic carbocycles. The lowest BCUT2D eigenvalue weighted by Crippen LogP contribution is -2.28. The molecule has 0 fully saturated rings. The Labute approximate surface area is 56.5 Å². The highest BCUT2D eigenvalue weighted by atomic mass is 28.4. The Morgan fingerprint density at radius 1 is 1.25 bits per heavy atom. The number of hydrogen-bond donors (Lipinski definition) is 0. The zero-order chi connectivity index (χ0) is 6.78. The van der Waals surface area contributed by atoms with E-state index in [4.69, 9.17) is 0 Å². The van der Waals surface area contributed by atoms with Crippen molar-refractivity contribution in [2.75, 3.05) is 0 Å². The van der Waals surface area contributed by atoms with Crippen LogP contribution >= 0.6 is 0 Å². The molecule has 50 valence electrons. The maximum atomic E-state index is 2.47. The van der Waals surface area contributed by atoms with E-state index in [0.717, 1.165) is 5.16 Å². The van der Waals surface area contributed by atoms with Crippen LogP contribution in [0.5, 0.6) is 0 Å². The van der Waals surface area contributed by atoms with Crippen molar-refractivity contribution in [3.8, 4) is 0 Å². The zero-order valence-electron chi connectivity index (χ0n) is 6.78. The van der Waals surface area contributed by atoms with Gasteiger partial charge in [-0.15, -0.1) is 0 Å². The van der Waals surface area contributed by atoms with E-state index in [-0.39, 0.29) is 0 Å². The first kappa shape index (κ1) is 8.43. The second-order valence-electron chi connectivity index (χ2n) is 3.68. The Bertz CT molecular complexity index is 63.4. The largest absolute Gasteiger partial charge is 0.0748 e. The Morgan fingerprint density at radius 3 is 1.62 bits per heavy atom. The summed E-state index contributed by atoms with van der Waals surface area (Å²) in [4.78, 5) is 0. The minimum atomic E-state index is -0.699. The van der Waals surface area contributed by atoms with E-state index in [2.05, 4.69) is 33.1 Å². The maximum absolute atomic E-state index is 2.47. The third-order valence-electron chi connectivity index (χ3n) is 2.09. The third-order valence-corrected chi connectivity index (χ3v) is 11.2. The quantitative estimate of drug-likeness (QED) is 0.522. The molecule has 0 aromatic heterocycles. The van der Waals surface area contributed by atoms with Gasteiger partial charge in [0.2, 0.25) is 0 Å². The highest BCUT2D eigenvalue weighted by Crippen LogP contribution is 2.18. The van der Waals surface area contributed by atoms with Crippen molar-refractivity contribution in [1.29, 1.82) is 0 Å². The standard InChI is InChI=1S/C6H18Si2/c1-6(7-2)8(3,4)5/h6H,7H2,1-5H3. The Hall–Kier alpha value is 0.434. The second-order valence-corrected chi connectivity index (χ2v) is 12.3. The molecule has 0 heterocycles. The molecule has 0 aliphatic heterocycles. The lowest BCUT2D eigenvalue weighted by atomic mass is 10.9. The molecular formula is C6H18Si2. The predicted molar refractivity (Wildman–Crippen MR) is 47.2 cm³/mol. The minimum absolute atomic E-state index is 0.296. The Balaban J connectivity index is 3.62. The first-order valence-corrected chi connectivity index (χ1v) is 9.29. The first-order valence-electron chi connectivity index (χ1n) is 3.48. The fraction of sp³-hybridized carbons (Fsp3) is 1.00. The minimum Gasteiger partial charge on any atom is -0.0748 e. The van der Waals surface area contributed by atoms with Gasteiger partial charge in [0.25, 0.3) is 0 Å². The fourth-order valence-corrected chi connectivity index (χ4v) is 5.51. The van der Waals surface area contributed by atoms with Crippen LogP contribution in [0.1, 0.15) is 6.92 Å². The van der Waals surface area contributed by atoms with Gasteiger partial charge in [-0.1, -0.05) is 38.3 Å². The van der Waals surface area contributed by atoms with Gasteiger partial charge in [-0.3, -0.25) is 0 Å². The molecule has 2 heteroatoms. The van der Waals surface area contributed by atoms with Crippen LogP contribution in [0, 0.1) is 0 Å². The van der Waals surface area contributed by atoms with E-state index >= 15 is 0 Å². The summed E-state index contributed by atoms with van der Waals surface area (Å²) in [5, 5.41) is 1.13. The van der Waals surface area contributed by atoms with E-state index in [1.807, 2.05) is 0 Å². The van der Waals surface area contributed by atoms with Crippen molar-refractivity contribution in [3.05, 3.63) is 0 Å². The highest BCUT2D eigenvalue weighted by molar-refractivity contribution is 6.84. The van der Waals surface area contributed by atoms with Gasteiger partial charge in [0, 0.05) is 17.6 Å². The van der Waals surface area contributed by atoms with Crippen molar-refractivity contribution in [3.63, 3.8) is 0 Å². The lowest BCUT2D eigenvalue weighted by Gasteiger charge is -2.22. The number of hydrogen-bond acceptors (Lipinski definition) is 0. The molecule has 0 saturated heterocycles. The van der Waals surface area contributed by atoms with Gasteiger partial charge in [0.05, 0.1) is 0 Å². The molecule has 0 aliphatic rings. The molecule has 0 rings (SSSR count). The lowest BCUT2D eigenvalue weighted by molar-refractivity contribution is 1.24. The van der Waals surface area contributed by atoms with Gasteiger partial charge in [0.15, 0.2) is 0 Å². The van der Waals surface area contributed by atoms with Crippen molar-refractivity contribution < 1.29 is 0 Å².